The third-order valence-electron chi connectivity index (χ3n) is 17.1. The lowest BCUT2D eigenvalue weighted by Gasteiger charge is -2.30. The van der Waals surface area contributed by atoms with Gasteiger partial charge in [0.25, 0.3) is 7.82 Å². The number of rotatable bonds is 69. The maximum atomic E-state index is 13.6. The van der Waals surface area contributed by atoms with E-state index in [1.165, 1.54) is 283 Å². The molecule has 0 aromatic heterocycles. The first-order valence-electron chi connectivity index (χ1n) is 37.3. The molecule has 0 rings (SSSR count). The molecule has 0 bridgehead atoms. The average Bonchev–Trinajstić information content (AvgIpc) is 3.64. The van der Waals surface area contributed by atoms with Gasteiger partial charge < -0.3 is 28.5 Å². The second-order valence-corrected chi connectivity index (χ2v) is 28.2. The molecule has 1 N–H and O–H groups in total. The van der Waals surface area contributed by atoms with E-state index in [0.717, 1.165) is 64.2 Å². The van der Waals surface area contributed by atoms with E-state index >= 15 is 0 Å². The molecular weight excluding hydrogens is 1070 g/mol. The number of quaternary nitrogens is 1. The Labute approximate surface area is 529 Å². The van der Waals surface area contributed by atoms with Crippen molar-refractivity contribution >= 4 is 19.7 Å². The Balaban J connectivity index is 5.02. The minimum atomic E-state index is -4.70. The molecule has 0 aromatic rings. The van der Waals surface area contributed by atoms with Crippen molar-refractivity contribution in [3.05, 3.63) is 36.5 Å². The molecule has 0 aliphatic carbocycles. The van der Waals surface area contributed by atoms with Gasteiger partial charge in [0.1, 0.15) is 19.3 Å². The van der Waals surface area contributed by atoms with E-state index < -0.39 is 20.0 Å². The summed E-state index contributed by atoms with van der Waals surface area (Å²) in [6, 6.07) is -0.885. The fourth-order valence-corrected chi connectivity index (χ4v) is 12.0. The van der Waals surface area contributed by atoms with Crippen LogP contribution in [0.4, 0.5) is 0 Å². The van der Waals surface area contributed by atoms with Crippen LogP contribution in [0.15, 0.2) is 36.5 Å². The molecule has 0 radical (unpaired) electrons. The topological polar surface area (TPSA) is 114 Å². The Morgan fingerprint density at radius 1 is 0.412 bits per heavy atom. The molecule has 1 amide bonds. The zero-order valence-electron chi connectivity index (χ0n) is 57.6. The fraction of sp³-hybridized carbons (Fsp3) is 0.893. The second kappa shape index (κ2) is 65.2. The van der Waals surface area contributed by atoms with Crippen LogP contribution in [0.3, 0.4) is 0 Å². The van der Waals surface area contributed by atoms with E-state index in [4.69, 9.17) is 13.8 Å². The quantitative estimate of drug-likeness (QED) is 0.0212. The number of carbonyl (C=O) groups excluding carboxylic acids is 2. The summed E-state index contributed by atoms with van der Waals surface area (Å²) < 4.78 is 30.5. The highest BCUT2D eigenvalue weighted by atomic mass is 31.2. The summed E-state index contributed by atoms with van der Waals surface area (Å²) in [7, 11) is 1.21. The predicted molar refractivity (Wildman–Crippen MR) is 367 cm³/mol. The smallest absolute Gasteiger partial charge is 0.306 e. The van der Waals surface area contributed by atoms with Crippen molar-refractivity contribution < 1.29 is 37.3 Å². The van der Waals surface area contributed by atoms with E-state index in [0.29, 0.717) is 17.4 Å². The van der Waals surface area contributed by atoms with E-state index in [1.54, 1.807) is 0 Å². The van der Waals surface area contributed by atoms with Gasteiger partial charge in [0.15, 0.2) is 0 Å². The van der Waals surface area contributed by atoms with Crippen LogP contribution in [0, 0.1) is 0 Å². The molecule has 0 aromatic carbocycles. The van der Waals surface area contributed by atoms with E-state index in [9.17, 15) is 19.0 Å². The summed E-state index contributed by atoms with van der Waals surface area (Å²) in [6.45, 7) is 6.89. The first-order valence-corrected chi connectivity index (χ1v) is 38.8. The first kappa shape index (κ1) is 83.2. The number of nitrogens with zero attached hydrogens (tertiary/aromatic N) is 1. The largest absolute Gasteiger partial charge is 0.756 e. The molecule has 3 unspecified atom stereocenters. The van der Waals surface area contributed by atoms with E-state index in [2.05, 4.69) is 50.4 Å². The molecule has 3 atom stereocenters. The Hall–Kier alpha value is -1.77. The molecule has 0 aliphatic heterocycles. The van der Waals surface area contributed by atoms with Gasteiger partial charge >= 0.3 is 5.97 Å². The second-order valence-electron chi connectivity index (χ2n) is 26.8. The summed E-state index contributed by atoms with van der Waals surface area (Å²) in [5.41, 5.74) is 0. The van der Waals surface area contributed by atoms with Crippen molar-refractivity contribution in [2.24, 2.45) is 0 Å². The molecule has 0 heterocycles. The van der Waals surface area contributed by atoms with Crippen molar-refractivity contribution in [1.82, 2.24) is 5.32 Å². The van der Waals surface area contributed by atoms with Crippen molar-refractivity contribution in [3.63, 3.8) is 0 Å². The summed E-state index contributed by atoms with van der Waals surface area (Å²) in [6.07, 6.45) is 81.3. The van der Waals surface area contributed by atoms with Crippen LogP contribution >= 0.6 is 7.82 Å². The number of hydrogen-bond acceptors (Lipinski definition) is 7. The maximum Gasteiger partial charge on any atom is 0.306 e. The van der Waals surface area contributed by atoms with Gasteiger partial charge in [-0.2, -0.15) is 0 Å². The third-order valence-corrected chi connectivity index (χ3v) is 18.0. The number of likely N-dealkylation sites (N-methyl/N-ethyl adjacent to an activating group) is 1. The molecule has 10 heteroatoms. The average molecular weight is 1220 g/mol. The number of phosphoric ester groups is 1. The van der Waals surface area contributed by atoms with Crippen LogP contribution in [-0.4, -0.2) is 69.4 Å². The van der Waals surface area contributed by atoms with Gasteiger partial charge in [0.2, 0.25) is 5.91 Å². The lowest BCUT2D eigenvalue weighted by molar-refractivity contribution is -0.870. The molecule has 502 valence electrons. The number of nitrogens with one attached hydrogen (secondary N) is 1. The number of esters is 1. The van der Waals surface area contributed by atoms with Crippen molar-refractivity contribution in [1.29, 1.82) is 0 Å². The van der Waals surface area contributed by atoms with Crippen molar-refractivity contribution in [3.8, 4) is 0 Å². The van der Waals surface area contributed by atoms with Crippen LogP contribution in [0.25, 0.3) is 0 Å². The molecule has 0 saturated heterocycles. The summed E-state index contributed by atoms with van der Waals surface area (Å²) in [4.78, 5) is 40.3. The number of carbonyl (C=O) groups is 2. The molecule has 0 aliphatic rings. The van der Waals surface area contributed by atoms with Gasteiger partial charge in [-0.1, -0.05) is 340 Å². The zero-order chi connectivity index (χ0) is 62.1. The first-order chi connectivity index (χ1) is 41.4. The summed E-state index contributed by atoms with van der Waals surface area (Å²) >= 11 is 0. The molecule has 0 spiro atoms. The molecule has 0 saturated carbocycles. The number of ether oxygens (including phenoxy) is 1. The number of hydrogen-bond donors (Lipinski definition) is 1. The molecule has 9 nitrogen and oxygen atoms in total. The van der Waals surface area contributed by atoms with Crippen LogP contribution in [0.2, 0.25) is 0 Å². The number of amides is 1. The van der Waals surface area contributed by atoms with Crippen LogP contribution in [0.5, 0.6) is 0 Å². The minimum absolute atomic E-state index is 0.0188. The Kier molecular flexibility index (Phi) is 63.8. The zero-order valence-corrected chi connectivity index (χ0v) is 58.5. The number of phosphoric acid groups is 1. The lowest BCUT2D eigenvalue weighted by Crippen LogP contribution is -2.47. The highest BCUT2D eigenvalue weighted by molar-refractivity contribution is 7.45. The highest BCUT2D eigenvalue weighted by Gasteiger charge is 2.27. The van der Waals surface area contributed by atoms with Gasteiger partial charge in [0, 0.05) is 12.8 Å². The number of unbranched alkanes of at least 4 members (excludes halogenated alkanes) is 49. The van der Waals surface area contributed by atoms with Crippen LogP contribution in [-0.2, 0) is 27.9 Å². The van der Waals surface area contributed by atoms with Gasteiger partial charge in [-0.15, -0.1) is 0 Å². The lowest BCUT2D eigenvalue weighted by atomic mass is 10.0. The van der Waals surface area contributed by atoms with E-state index in [1.807, 2.05) is 33.3 Å². The van der Waals surface area contributed by atoms with Crippen molar-refractivity contribution in [2.45, 2.75) is 392 Å². The van der Waals surface area contributed by atoms with Crippen molar-refractivity contribution in [2.75, 3.05) is 40.9 Å². The normalized spacial score (nSPS) is 13.6. The predicted octanol–water partition coefficient (Wildman–Crippen LogP) is 23.2. The fourth-order valence-electron chi connectivity index (χ4n) is 11.3. The van der Waals surface area contributed by atoms with Gasteiger partial charge in [-0.25, -0.2) is 0 Å². The van der Waals surface area contributed by atoms with Gasteiger partial charge in [-0.3, -0.25) is 14.2 Å². The Morgan fingerprint density at radius 3 is 1.08 bits per heavy atom. The Morgan fingerprint density at radius 2 is 0.718 bits per heavy atom. The summed E-state index contributed by atoms with van der Waals surface area (Å²) in [5, 5.41) is 3.06. The van der Waals surface area contributed by atoms with Crippen LogP contribution < -0.4 is 10.2 Å². The van der Waals surface area contributed by atoms with Gasteiger partial charge in [0.05, 0.1) is 33.8 Å². The minimum Gasteiger partial charge on any atom is -0.756 e. The highest BCUT2D eigenvalue weighted by Crippen LogP contribution is 2.38. The third kappa shape index (κ3) is 66.5. The monoisotopic (exact) mass is 1220 g/mol. The van der Waals surface area contributed by atoms with E-state index in [-0.39, 0.29) is 31.5 Å². The SMILES string of the molecule is CCCCC/C=C\C/C=C\CCCCCCCCCCCCCCCCCC(=O)NC(COP(=O)([O-])OCC[N+](C)(C)C)C(/C=C/CCCCCCCCCCCCC)OC(=O)CCCCCCCCCCCCCCCCCCCCCCC. The molecule has 85 heavy (non-hydrogen) atoms. The maximum absolute atomic E-state index is 13.6. The standard InChI is InChI=1S/C75H145N2O7P/c1-7-10-13-16-19-22-25-28-30-32-34-36-37-38-39-41-42-44-46-49-52-55-58-61-64-67-74(78)76-72(71-83-85(80,81)82-70-69-77(4,5)6)73(66-63-60-57-54-51-48-27-24-21-18-15-12-9-3)84-75(79)68-65-62-59-56-53-50-47-45-43-40-35-33-31-29-26-23-20-17-14-11-8-2/h19,22,28,30,63,66,72-73H,7-18,20-21,23-27,29,31-62,64-65,67-71H2,1-6H3,(H-,76,78,80,81)/b22-19-,30-28-,66-63+. The van der Waals surface area contributed by atoms with Crippen LogP contribution in [0.1, 0.15) is 380 Å². The number of allylic oxidation sites excluding steroid dienone is 5. The Bertz CT molecular complexity index is 1550. The molecular formula is C75H145N2O7P. The summed E-state index contributed by atoms with van der Waals surface area (Å²) in [5.74, 6) is -0.517. The molecule has 0 fully saturated rings. The van der Waals surface area contributed by atoms with Gasteiger partial charge in [-0.05, 0) is 63.9 Å².